The summed E-state index contributed by atoms with van der Waals surface area (Å²) >= 11 is 0. The number of allylic oxidation sites excluding steroid dienone is 2. The molecular formula is C39H41N3O6. The molecule has 1 aliphatic rings. The van der Waals surface area contributed by atoms with E-state index >= 15 is 0 Å². The van der Waals surface area contributed by atoms with Gasteiger partial charge in [-0.2, -0.15) is 0 Å². The van der Waals surface area contributed by atoms with Gasteiger partial charge in [-0.05, 0) is 59.7 Å². The van der Waals surface area contributed by atoms with Gasteiger partial charge in [0.05, 0.1) is 24.5 Å². The Kier molecular flexibility index (Phi) is 12.1. The number of hydrogen-bond acceptors (Lipinski definition) is 6. The van der Waals surface area contributed by atoms with Crippen molar-refractivity contribution in [2.24, 2.45) is 11.8 Å². The van der Waals surface area contributed by atoms with Gasteiger partial charge in [0, 0.05) is 12.1 Å². The highest BCUT2D eigenvalue weighted by atomic mass is 16.5. The van der Waals surface area contributed by atoms with Crippen LogP contribution >= 0.6 is 0 Å². The van der Waals surface area contributed by atoms with E-state index in [4.69, 9.17) is 4.74 Å². The molecule has 48 heavy (non-hydrogen) atoms. The summed E-state index contributed by atoms with van der Waals surface area (Å²) in [7, 11) is 0. The van der Waals surface area contributed by atoms with Crippen LogP contribution in [0.2, 0.25) is 0 Å². The number of esters is 1. The van der Waals surface area contributed by atoms with Crippen molar-refractivity contribution >= 4 is 40.2 Å². The first-order chi connectivity index (χ1) is 23.4. The molecule has 1 aliphatic heterocycles. The van der Waals surface area contributed by atoms with Crippen LogP contribution in [-0.2, 0) is 36.8 Å². The van der Waals surface area contributed by atoms with Crippen LogP contribution in [0, 0.1) is 11.8 Å². The van der Waals surface area contributed by atoms with Gasteiger partial charge in [-0.25, -0.2) is 0 Å². The average molecular weight is 648 g/mol. The van der Waals surface area contributed by atoms with Crippen molar-refractivity contribution < 1.29 is 29.0 Å². The van der Waals surface area contributed by atoms with Crippen molar-refractivity contribution in [3.8, 4) is 0 Å². The zero-order valence-corrected chi connectivity index (χ0v) is 26.7. The smallest absolute Gasteiger partial charge is 0.309 e. The molecular weight excluding hydrogens is 606 g/mol. The fraction of sp³-hybridized carbons (Fsp3) is 0.282. The SMILES string of the molecule is O=C(C[C@H]1CC=CC[C@@H](Cc2ccccc2)C(=O)OC[C@@H](C(=O)Nc2ccc3ccccc3c2)NC1=O)N[C@@H](CO)Cc1ccccc1. The molecule has 4 atom stereocenters. The Morgan fingerprint density at radius 1 is 0.812 bits per heavy atom. The molecule has 4 N–H and O–H groups in total. The Bertz CT molecular complexity index is 1730. The predicted octanol–water partition coefficient (Wildman–Crippen LogP) is 4.74. The minimum absolute atomic E-state index is 0.159. The fourth-order valence-corrected chi connectivity index (χ4v) is 5.79. The molecule has 3 amide bonds. The number of carbonyl (C=O) groups is 4. The van der Waals surface area contributed by atoms with Crippen LogP contribution in [0.15, 0.2) is 115 Å². The van der Waals surface area contributed by atoms with Gasteiger partial charge in [0.1, 0.15) is 12.6 Å². The molecule has 9 nitrogen and oxygen atoms in total. The van der Waals surface area contributed by atoms with Gasteiger partial charge in [-0.1, -0.05) is 103 Å². The second kappa shape index (κ2) is 17.0. The summed E-state index contributed by atoms with van der Waals surface area (Å²) in [5.41, 5.74) is 2.46. The fourth-order valence-electron chi connectivity index (χ4n) is 5.79. The van der Waals surface area contributed by atoms with Crippen LogP contribution in [0.4, 0.5) is 5.69 Å². The summed E-state index contributed by atoms with van der Waals surface area (Å²) in [4.78, 5) is 53.7. The molecule has 9 heteroatoms. The largest absolute Gasteiger partial charge is 0.463 e. The third-order valence-electron chi connectivity index (χ3n) is 8.42. The van der Waals surface area contributed by atoms with Gasteiger partial charge in [-0.15, -0.1) is 0 Å². The van der Waals surface area contributed by atoms with Gasteiger partial charge in [-0.3, -0.25) is 19.2 Å². The highest BCUT2D eigenvalue weighted by Crippen LogP contribution is 2.21. The lowest BCUT2D eigenvalue weighted by Gasteiger charge is -2.24. The van der Waals surface area contributed by atoms with Gasteiger partial charge in [0.2, 0.25) is 11.8 Å². The maximum absolute atomic E-state index is 13.6. The van der Waals surface area contributed by atoms with Crippen molar-refractivity contribution in [3.63, 3.8) is 0 Å². The molecule has 0 radical (unpaired) electrons. The van der Waals surface area contributed by atoms with Gasteiger partial charge in [0.25, 0.3) is 5.91 Å². The first-order valence-corrected chi connectivity index (χ1v) is 16.3. The molecule has 1 heterocycles. The Morgan fingerprint density at radius 3 is 2.17 bits per heavy atom. The maximum Gasteiger partial charge on any atom is 0.309 e. The molecule has 0 saturated heterocycles. The summed E-state index contributed by atoms with van der Waals surface area (Å²) in [6.07, 6.45) is 4.94. The van der Waals surface area contributed by atoms with Crippen molar-refractivity contribution in [2.75, 3.05) is 18.5 Å². The van der Waals surface area contributed by atoms with E-state index in [0.717, 1.165) is 21.9 Å². The van der Waals surface area contributed by atoms with E-state index in [1.165, 1.54) is 0 Å². The second-order valence-electron chi connectivity index (χ2n) is 12.1. The number of rotatable bonds is 10. The third-order valence-corrected chi connectivity index (χ3v) is 8.42. The summed E-state index contributed by atoms with van der Waals surface area (Å²) in [6, 6.07) is 30.6. The Hall–Kier alpha value is -5.28. The van der Waals surface area contributed by atoms with Crippen LogP contribution in [0.5, 0.6) is 0 Å². The topological polar surface area (TPSA) is 134 Å². The van der Waals surface area contributed by atoms with Crippen LogP contribution in [0.25, 0.3) is 10.8 Å². The molecule has 0 aliphatic carbocycles. The summed E-state index contributed by atoms with van der Waals surface area (Å²) in [5, 5.41) is 20.3. The van der Waals surface area contributed by atoms with Crippen LogP contribution in [0.3, 0.4) is 0 Å². The third kappa shape index (κ3) is 9.86. The molecule has 0 unspecified atom stereocenters. The molecule has 4 aromatic rings. The first kappa shape index (κ1) is 34.1. The van der Waals surface area contributed by atoms with E-state index in [-0.39, 0.29) is 26.1 Å². The number of fused-ring (bicyclic) bond motifs is 1. The van der Waals surface area contributed by atoms with Crippen LogP contribution < -0.4 is 16.0 Å². The number of benzene rings is 4. The van der Waals surface area contributed by atoms with E-state index in [1.54, 1.807) is 12.1 Å². The van der Waals surface area contributed by atoms with Crippen molar-refractivity contribution in [3.05, 3.63) is 126 Å². The van der Waals surface area contributed by atoms with Gasteiger partial charge < -0.3 is 25.8 Å². The molecule has 4 aromatic carbocycles. The number of hydrogen-bond donors (Lipinski definition) is 4. The van der Waals surface area contributed by atoms with E-state index in [0.29, 0.717) is 24.9 Å². The number of carbonyl (C=O) groups excluding carboxylic acids is 4. The highest BCUT2D eigenvalue weighted by molar-refractivity contribution is 5.99. The molecule has 0 fully saturated rings. The zero-order valence-electron chi connectivity index (χ0n) is 26.7. The molecule has 0 saturated carbocycles. The van der Waals surface area contributed by atoms with Crippen LogP contribution in [-0.4, -0.2) is 54.1 Å². The second-order valence-corrected chi connectivity index (χ2v) is 12.1. The van der Waals surface area contributed by atoms with E-state index in [1.807, 2.05) is 103 Å². The number of amides is 3. The lowest BCUT2D eigenvalue weighted by atomic mass is 9.94. The van der Waals surface area contributed by atoms with E-state index in [2.05, 4.69) is 16.0 Å². The minimum atomic E-state index is -1.21. The summed E-state index contributed by atoms with van der Waals surface area (Å²) < 4.78 is 5.67. The van der Waals surface area contributed by atoms with Gasteiger partial charge in [0.15, 0.2) is 0 Å². The predicted molar refractivity (Wildman–Crippen MR) is 185 cm³/mol. The number of ether oxygens (including phenoxy) is 1. The Morgan fingerprint density at radius 2 is 1.46 bits per heavy atom. The number of aliphatic hydroxyl groups is 1. The lowest BCUT2D eigenvalue weighted by molar-refractivity contribution is -0.150. The highest BCUT2D eigenvalue weighted by Gasteiger charge is 2.30. The zero-order chi connectivity index (χ0) is 33.7. The summed E-state index contributed by atoms with van der Waals surface area (Å²) in [5.74, 6) is -3.24. The molecule has 0 aromatic heterocycles. The van der Waals surface area contributed by atoms with Crippen LogP contribution in [0.1, 0.15) is 30.4 Å². The summed E-state index contributed by atoms with van der Waals surface area (Å²) in [6.45, 7) is -0.635. The van der Waals surface area contributed by atoms with Crippen molar-refractivity contribution in [2.45, 2.75) is 44.2 Å². The maximum atomic E-state index is 13.6. The number of anilines is 1. The van der Waals surface area contributed by atoms with E-state index < -0.39 is 47.6 Å². The monoisotopic (exact) mass is 647 g/mol. The minimum Gasteiger partial charge on any atom is -0.463 e. The number of nitrogens with one attached hydrogen (secondary N) is 3. The van der Waals surface area contributed by atoms with Crippen molar-refractivity contribution in [1.82, 2.24) is 10.6 Å². The van der Waals surface area contributed by atoms with Gasteiger partial charge >= 0.3 is 5.97 Å². The van der Waals surface area contributed by atoms with E-state index in [9.17, 15) is 24.3 Å². The first-order valence-electron chi connectivity index (χ1n) is 16.3. The standard InChI is InChI=1S/C39H41N3O6/c43-25-34(22-28-13-5-2-6-14-28)40-36(44)24-31-17-9-10-18-32(21-27-11-3-1-4-12-27)39(47)48-26-35(42-37(31)45)38(46)41-33-20-19-29-15-7-8-16-30(29)23-33/h1-16,19-20,23,31-32,34-35,43H,17-18,21-22,24-26H2,(H,40,44)(H,41,46)(H,42,45)/t31-,32+,34-,35+/m1/s1. The van der Waals surface area contributed by atoms with Crippen molar-refractivity contribution in [1.29, 1.82) is 0 Å². The number of cyclic esters (lactones) is 1. The average Bonchev–Trinajstić information content (AvgIpc) is 3.10. The normalized spacial score (nSPS) is 19.2. The molecule has 0 bridgehead atoms. The Labute approximate surface area is 280 Å². The molecule has 5 rings (SSSR count). The molecule has 0 spiro atoms. The number of aliphatic hydroxyl groups excluding tert-OH is 1. The Balaban J connectivity index is 1.33. The quantitative estimate of drug-likeness (QED) is 0.145. The molecule has 248 valence electrons. The lowest BCUT2D eigenvalue weighted by Crippen LogP contribution is -2.50.